The summed E-state index contributed by atoms with van der Waals surface area (Å²) >= 11 is 0. The van der Waals surface area contributed by atoms with Gasteiger partial charge in [0.15, 0.2) is 5.78 Å². The van der Waals surface area contributed by atoms with E-state index in [0.29, 0.717) is 5.78 Å². The summed E-state index contributed by atoms with van der Waals surface area (Å²) in [5.41, 5.74) is 2.59. The first-order valence-corrected chi connectivity index (χ1v) is 5.41. The monoisotopic (exact) mass is 178 g/mol. The van der Waals surface area contributed by atoms with Crippen molar-refractivity contribution >= 4 is 5.78 Å². The van der Waals surface area contributed by atoms with Crippen LogP contribution in [0.4, 0.5) is 0 Å². The molecule has 0 heterocycles. The Balaban J connectivity index is 2.25. The third kappa shape index (κ3) is 1.56. The van der Waals surface area contributed by atoms with Gasteiger partial charge in [-0.3, -0.25) is 4.79 Å². The summed E-state index contributed by atoms with van der Waals surface area (Å²) < 4.78 is 0. The summed E-state index contributed by atoms with van der Waals surface area (Å²) in [5.74, 6) is 2.03. The van der Waals surface area contributed by atoms with E-state index in [1.165, 1.54) is 24.8 Å². The van der Waals surface area contributed by atoms with Gasteiger partial charge in [-0.1, -0.05) is 12.5 Å². The average molecular weight is 178 g/mol. The van der Waals surface area contributed by atoms with Crippen molar-refractivity contribution in [3.8, 4) is 0 Å². The molecule has 1 heteroatoms. The number of carbonyl (C=O) groups is 1. The number of fused-ring (bicyclic) bond motifs is 1. The Hall–Kier alpha value is -0.590. The second kappa shape index (κ2) is 3.28. The maximum absolute atomic E-state index is 11.5. The maximum Gasteiger partial charge on any atom is 0.158 e. The van der Waals surface area contributed by atoms with E-state index in [9.17, 15) is 4.79 Å². The minimum absolute atomic E-state index is 0.404. The van der Waals surface area contributed by atoms with Crippen LogP contribution in [0, 0.1) is 11.8 Å². The molecule has 13 heavy (non-hydrogen) atoms. The molecule has 0 saturated heterocycles. The molecule has 0 aliphatic heterocycles. The van der Waals surface area contributed by atoms with E-state index in [1.807, 2.05) is 6.92 Å². The lowest BCUT2D eigenvalue weighted by molar-refractivity contribution is -0.116. The van der Waals surface area contributed by atoms with Crippen molar-refractivity contribution in [3.63, 3.8) is 0 Å². The molecule has 0 bridgehead atoms. The zero-order chi connectivity index (χ0) is 9.42. The minimum Gasteiger partial charge on any atom is -0.295 e. The molecule has 2 atom stereocenters. The van der Waals surface area contributed by atoms with Gasteiger partial charge in [-0.25, -0.2) is 0 Å². The van der Waals surface area contributed by atoms with Crippen molar-refractivity contribution in [1.29, 1.82) is 0 Å². The lowest BCUT2D eigenvalue weighted by atomic mass is 9.71. The number of hydrogen-bond acceptors (Lipinski definition) is 1. The molecule has 2 unspecified atom stereocenters. The number of hydrogen-bond donors (Lipinski definition) is 0. The smallest absolute Gasteiger partial charge is 0.158 e. The van der Waals surface area contributed by atoms with Crippen molar-refractivity contribution in [2.45, 2.75) is 46.0 Å². The van der Waals surface area contributed by atoms with Crippen LogP contribution in [0.15, 0.2) is 11.1 Å². The van der Waals surface area contributed by atoms with Gasteiger partial charge in [0.2, 0.25) is 0 Å². The number of allylic oxidation sites excluding steroid dienone is 2. The molecule has 72 valence electrons. The van der Waals surface area contributed by atoms with E-state index in [4.69, 9.17) is 0 Å². The zero-order valence-corrected chi connectivity index (χ0v) is 8.60. The Morgan fingerprint density at radius 3 is 2.77 bits per heavy atom. The number of Topliss-reactive ketones (excluding diaryl/α,β-unsaturated/α-hetero) is 1. The third-order valence-electron chi connectivity index (χ3n) is 3.71. The maximum atomic E-state index is 11.5. The molecule has 0 aromatic heterocycles. The van der Waals surface area contributed by atoms with Crippen molar-refractivity contribution < 1.29 is 4.79 Å². The molecule has 1 fully saturated rings. The molecule has 2 rings (SSSR count). The highest BCUT2D eigenvalue weighted by Gasteiger charge is 2.30. The summed E-state index contributed by atoms with van der Waals surface area (Å²) in [5, 5.41) is 0. The van der Waals surface area contributed by atoms with Gasteiger partial charge < -0.3 is 0 Å². The van der Waals surface area contributed by atoms with Crippen LogP contribution in [0.2, 0.25) is 0 Å². The lowest BCUT2D eigenvalue weighted by Crippen LogP contribution is -2.24. The summed E-state index contributed by atoms with van der Waals surface area (Å²) in [6.45, 7) is 4.36. The molecular formula is C12H18O. The van der Waals surface area contributed by atoms with Crippen molar-refractivity contribution in [2.75, 3.05) is 0 Å². The summed E-state index contributed by atoms with van der Waals surface area (Å²) in [4.78, 5) is 11.5. The van der Waals surface area contributed by atoms with Crippen LogP contribution >= 0.6 is 0 Å². The number of carbonyl (C=O) groups excluding carboxylic acids is 1. The lowest BCUT2D eigenvalue weighted by Gasteiger charge is -2.33. The standard InChI is InChI=1S/C12H18O/c1-8-3-5-11-9(2)12(13)6-4-10(11)7-8/h8,10H,3-7H2,1-2H3. The Morgan fingerprint density at radius 2 is 2.00 bits per heavy atom. The summed E-state index contributed by atoms with van der Waals surface area (Å²) in [7, 11) is 0. The SMILES string of the molecule is CC1=C2CCC(C)CC2CCC1=O. The number of ketones is 1. The van der Waals surface area contributed by atoms with E-state index in [-0.39, 0.29) is 0 Å². The Kier molecular flexibility index (Phi) is 2.27. The van der Waals surface area contributed by atoms with Gasteiger partial charge in [0.25, 0.3) is 0 Å². The van der Waals surface area contributed by atoms with Crippen molar-refractivity contribution in [1.82, 2.24) is 0 Å². The van der Waals surface area contributed by atoms with Gasteiger partial charge >= 0.3 is 0 Å². The Bertz CT molecular complexity index is 262. The van der Waals surface area contributed by atoms with E-state index in [2.05, 4.69) is 6.92 Å². The fourth-order valence-corrected chi connectivity index (χ4v) is 2.81. The third-order valence-corrected chi connectivity index (χ3v) is 3.71. The molecule has 1 saturated carbocycles. The molecule has 0 aromatic rings. The van der Waals surface area contributed by atoms with Crippen molar-refractivity contribution in [3.05, 3.63) is 11.1 Å². The van der Waals surface area contributed by atoms with E-state index in [0.717, 1.165) is 30.3 Å². The van der Waals surface area contributed by atoms with Crippen LogP contribution < -0.4 is 0 Å². The van der Waals surface area contributed by atoms with E-state index in [1.54, 1.807) is 0 Å². The second-order valence-electron chi connectivity index (χ2n) is 4.69. The van der Waals surface area contributed by atoms with Gasteiger partial charge in [0.05, 0.1) is 0 Å². The zero-order valence-electron chi connectivity index (χ0n) is 8.60. The minimum atomic E-state index is 0.404. The van der Waals surface area contributed by atoms with Crippen LogP contribution in [-0.4, -0.2) is 5.78 Å². The fourth-order valence-electron chi connectivity index (χ4n) is 2.81. The van der Waals surface area contributed by atoms with Gasteiger partial charge in [-0.05, 0) is 50.0 Å². The molecule has 0 N–H and O–H groups in total. The Labute approximate surface area is 80.2 Å². The van der Waals surface area contributed by atoms with Crippen LogP contribution in [0.5, 0.6) is 0 Å². The van der Waals surface area contributed by atoms with Gasteiger partial charge in [-0.15, -0.1) is 0 Å². The highest BCUT2D eigenvalue weighted by molar-refractivity contribution is 5.96. The predicted octanol–water partition coefficient (Wildman–Crippen LogP) is 3.10. The highest BCUT2D eigenvalue weighted by atomic mass is 16.1. The largest absolute Gasteiger partial charge is 0.295 e. The first-order valence-electron chi connectivity index (χ1n) is 5.41. The Morgan fingerprint density at radius 1 is 1.23 bits per heavy atom. The number of rotatable bonds is 0. The van der Waals surface area contributed by atoms with Crippen LogP contribution in [0.25, 0.3) is 0 Å². The summed E-state index contributed by atoms with van der Waals surface area (Å²) in [6, 6.07) is 0. The fraction of sp³-hybridized carbons (Fsp3) is 0.750. The van der Waals surface area contributed by atoms with Gasteiger partial charge in [0.1, 0.15) is 0 Å². The highest BCUT2D eigenvalue weighted by Crippen LogP contribution is 2.40. The predicted molar refractivity (Wildman–Crippen MR) is 53.4 cm³/mol. The van der Waals surface area contributed by atoms with Crippen LogP contribution in [-0.2, 0) is 4.79 Å². The topological polar surface area (TPSA) is 17.1 Å². The molecule has 0 amide bonds. The first-order chi connectivity index (χ1) is 6.18. The normalized spacial score (nSPS) is 34.8. The van der Waals surface area contributed by atoms with Gasteiger partial charge in [0, 0.05) is 6.42 Å². The van der Waals surface area contributed by atoms with Crippen LogP contribution in [0.1, 0.15) is 46.0 Å². The molecule has 2 aliphatic rings. The molecule has 0 aromatic carbocycles. The molecular weight excluding hydrogens is 160 g/mol. The first kappa shape index (κ1) is 8.98. The van der Waals surface area contributed by atoms with E-state index < -0.39 is 0 Å². The molecule has 2 aliphatic carbocycles. The molecule has 0 spiro atoms. The summed E-state index contributed by atoms with van der Waals surface area (Å²) in [6.07, 6.45) is 5.71. The van der Waals surface area contributed by atoms with Crippen LogP contribution in [0.3, 0.4) is 0 Å². The molecule has 1 nitrogen and oxygen atoms in total. The molecule has 0 radical (unpaired) electrons. The quantitative estimate of drug-likeness (QED) is 0.557. The second-order valence-corrected chi connectivity index (χ2v) is 4.69. The average Bonchev–Trinajstić information content (AvgIpc) is 2.12. The van der Waals surface area contributed by atoms with Crippen molar-refractivity contribution in [2.24, 2.45) is 11.8 Å². The van der Waals surface area contributed by atoms with E-state index >= 15 is 0 Å². The van der Waals surface area contributed by atoms with Gasteiger partial charge in [-0.2, -0.15) is 0 Å².